The summed E-state index contributed by atoms with van der Waals surface area (Å²) in [7, 11) is 3.17. The Labute approximate surface area is 102 Å². The Balaban J connectivity index is 2.36. The minimum absolute atomic E-state index is 0.135. The molecule has 88 valence electrons. The van der Waals surface area contributed by atoms with Gasteiger partial charge in [0.25, 0.3) is 5.69 Å². The van der Waals surface area contributed by atoms with Crippen LogP contribution in [-0.4, -0.2) is 23.9 Å². The third kappa shape index (κ3) is 4.87. The zero-order chi connectivity index (χ0) is 11.8. The second-order valence-electron chi connectivity index (χ2n) is 2.86. The molecule has 0 unspecified atom stereocenters. The van der Waals surface area contributed by atoms with Gasteiger partial charge in [-0.15, -0.1) is 0 Å². The molecule has 0 aliphatic rings. The number of benzene rings is 1. The average molecular weight is 259 g/mol. The van der Waals surface area contributed by atoms with Crippen LogP contribution < -0.4 is 0 Å². The Morgan fingerprint density at radius 3 is 3.00 bits per heavy atom. The number of ether oxygens (including phenoxy) is 1. The van der Waals surface area contributed by atoms with Gasteiger partial charge in [-0.05, 0) is 13.0 Å². The Morgan fingerprint density at radius 1 is 1.50 bits per heavy atom. The molecular formula is C10H13NO3S2. The van der Waals surface area contributed by atoms with Gasteiger partial charge in [0, 0.05) is 29.4 Å². The third-order valence-electron chi connectivity index (χ3n) is 1.70. The number of hydrogen-bond donors (Lipinski definition) is 0. The largest absolute Gasteiger partial charge is 0.381 e. The van der Waals surface area contributed by atoms with Crippen LogP contribution in [0.3, 0.4) is 0 Å². The maximum Gasteiger partial charge on any atom is 0.270 e. The molecule has 0 fully saturated rings. The molecule has 1 aromatic carbocycles. The summed E-state index contributed by atoms with van der Waals surface area (Å²) in [5.74, 6) is 0.876. The van der Waals surface area contributed by atoms with Crippen molar-refractivity contribution in [3.8, 4) is 0 Å². The lowest BCUT2D eigenvalue weighted by atomic mass is 10.3. The van der Waals surface area contributed by atoms with Gasteiger partial charge in [0.1, 0.15) is 0 Å². The first-order valence-electron chi connectivity index (χ1n) is 4.85. The van der Waals surface area contributed by atoms with Crippen molar-refractivity contribution in [1.29, 1.82) is 0 Å². The summed E-state index contributed by atoms with van der Waals surface area (Å²) < 4.78 is 5.19. The molecule has 4 nitrogen and oxygen atoms in total. The van der Waals surface area contributed by atoms with Gasteiger partial charge in [-0.2, -0.15) is 0 Å². The molecule has 0 aliphatic heterocycles. The van der Waals surface area contributed by atoms with Crippen LogP contribution in [0.4, 0.5) is 5.69 Å². The molecule has 1 rings (SSSR count). The molecule has 0 atom stereocenters. The molecule has 0 saturated heterocycles. The highest BCUT2D eigenvalue weighted by Gasteiger charge is 2.05. The fourth-order valence-electron chi connectivity index (χ4n) is 0.996. The van der Waals surface area contributed by atoms with E-state index in [1.807, 2.05) is 13.0 Å². The van der Waals surface area contributed by atoms with Gasteiger partial charge in [-0.3, -0.25) is 10.1 Å². The average Bonchev–Trinajstić information content (AvgIpc) is 2.29. The molecule has 6 heteroatoms. The highest BCUT2D eigenvalue weighted by molar-refractivity contribution is 8.76. The van der Waals surface area contributed by atoms with Crippen molar-refractivity contribution in [2.75, 3.05) is 19.0 Å². The van der Waals surface area contributed by atoms with E-state index >= 15 is 0 Å². The second kappa shape index (κ2) is 7.54. The third-order valence-corrected chi connectivity index (χ3v) is 4.03. The summed E-state index contributed by atoms with van der Waals surface area (Å²) in [5, 5.41) is 10.5. The van der Waals surface area contributed by atoms with E-state index < -0.39 is 0 Å². The lowest BCUT2D eigenvalue weighted by molar-refractivity contribution is -0.385. The van der Waals surface area contributed by atoms with Gasteiger partial charge in [0.15, 0.2) is 0 Å². The van der Waals surface area contributed by atoms with Gasteiger partial charge in [-0.25, -0.2) is 0 Å². The standard InChI is InChI=1S/C10H13NO3S2/c1-2-14-6-7-15-16-10-5-3-4-9(8-10)11(12)13/h3-5,8H,2,6-7H2,1H3. The normalized spacial score (nSPS) is 10.3. The van der Waals surface area contributed by atoms with Crippen LogP contribution >= 0.6 is 21.6 Å². The smallest absolute Gasteiger partial charge is 0.270 e. The number of nitro groups is 1. The second-order valence-corrected chi connectivity index (χ2v) is 5.35. The van der Waals surface area contributed by atoms with Gasteiger partial charge < -0.3 is 4.74 Å². The zero-order valence-corrected chi connectivity index (χ0v) is 10.6. The van der Waals surface area contributed by atoms with Crippen molar-refractivity contribution in [3.63, 3.8) is 0 Å². The van der Waals surface area contributed by atoms with E-state index in [-0.39, 0.29) is 10.6 Å². The SMILES string of the molecule is CCOCCSSc1cccc([N+](=O)[O-])c1. The molecule has 0 spiro atoms. The Hall–Kier alpha value is -0.720. The van der Waals surface area contributed by atoms with Crippen LogP contribution in [0.5, 0.6) is 0 Å². The zero-order valence-electron chi connectivity index (χ0n) is 8.92. The first kappa shape index (κ1) is 13.3. The molecule has 16 heavy (non-hydrogen) atoms. The van der Waals surface area contributed by atoms with E-state index in [2.05, 4.69) is 0 Å². The predicted octanol–water partition coefficient (Wildman–Crippen LogP) is 3.37. The van der Waals surface area contributed by atoms with E-state index in [0.29, 0.717) is 6.61 Å². The molecule has 1 aromatic rings. The Morgan fingerprint density at radius 2 is 2.31 bits per heavy atom. The van der Waals surface area contributed by atoms with E-state index in [9.17, 15) is 10.1 Å². The van der Waals surface area contributed by atoms with E-state index in [0.717, 1.165) is 17.3 Å². The highest BCUT2D eigenvalue weighted by atomic mass is 33.1. The summed E-state index contributed by atoms with van der Waals surface area (Å²) >= 11 is 0. The van der Waals surface area contributed by atoms with Gasteiger partial charge >= 0.3 is 0 Å². The number of hydrogen-bond acceptors (Lipinski definition) is 5. The summed E-state index contributed by atoms with van der Waals surface area (Å²) in [5.41, 5.74) is 0.135. The highest BCUT2D eigenvalue weighted by Crippen LogP contribution is 2.32. The molecule has 0 saturated carbocycles. The molecule has 0 heterocycles. The molecule has 0 aliphatic carbocycles. The predicted molar refractivity (Wildman–Crippen MR) is 67.9 cm³/mol. The molecule has 0 radical (unpaired) electrons. The minimum Gasteiger partial charge on any atom is -0.381 e. The quantitative estimate of drug-likeness (QED) is 0.325. The molecule has 0 amide bonds. The molecular weight excluding hydrogens is 246 g/mol. The monoisotopic (exact) mass is 259 g/mol. The van der Waals surface area contributed by atoms with Crippen molar-refractivity contribution in [1.82, 2.24) is 0 Å². The number of rotatable bonds is 7. The van der Waals surface area contributed by atoms with Crippen LogP contribution in [0.25, 0.3) is 0 Å². The van der Waals surface area contributed by atoms with Crippen LogP contribution in [0, 0.1) is 10.1 Å². The molecule has 0 bridgehead atoms. The summed E-state index contributed by atoms with van der Waals surface area (Å²) in [4.78, 5) is 11.1. The van der Waals surface area contributed by atoms with Crippen molar-refractivity contribution < 1.29 is 9.66 Å². The molecule has 0 aromatic heterocycles. The lowest BCUT2D eigenvalue weighted by Gasteiger charge is -2.01. The lowest BCUT2D eigenvalue weighted by Crippen LogP contribution is -1.94. The van der Waals surface area contributed by atoms with Crippen LogP contribution in [0.2, 0.25) is 0 Å². The fourth-order valence-corrected chi connectivity index (χ4v) is 2.88. The van der Waals surface area contributed by atoms with Crippen molar-refractivity contribution in [3.05, 3.63) is 34.4 Å². The van der Waals surface area contributed by atoms with Gasteiger partial charge in [0.05, 0.1) is 11.5 Å². The van der Waals surface area contributed by atoms with Crippen LogP contribution in [-0.2, 0) is 4.74 Å². The summed E-state index contributed by atoms with van der Waals surface area (Å²) in [6.45, 7) is 3.39. The van der Waals surface area contributed by atoms with Crippen LogP contribution in [0.1, 0.15) is 6.92 Å². The van der Waals surface area contributed by atoms with Gasteiger partial charge in [-0.1, -0.05) is 27.7 Å². The Kier molecular flexibility index (Phi) is 6.29. The van der Waals surface area contributed by atoms with Gasteiger partial charge in [0.2, 0.25) is 0 Å². The molecule has 0 N–H and O–H groups in total. The first-order chi connectivity index (χ1) is 7.74. The van der Waals surface area contributed by atoms with Crippen molar-refractivity contribution in [2.45, 2.75) is 11.8 Å². The van der Waals surface area contributed by atoms with E-state index in [4.69, 9.17) is 4.74 Å². The summed E-state index contributed by atoms with van der Waals surface area (Å²) in [6, 6.07) is 6.64. The minimum atomic E-state index is -0.380. The number of nitrogens with zero attached hydrogens (tertiary/aromatic N) is 1. The van der Waals surface area contributed by atoms with Crippen molar-refractivity contribution >= 4 is 27.3 Å². The van der Waals surface area contributed by atoms with E-state index in [1.54, 1.807) is 22.9 Å². The van der Waals surface area contributed by atoms with Crippen LogP contribution in [0.15, 0.2) is 29.2 Å². The van der Waals surface area contributed by atoms with Crippen molar-refractivity contribution in [2.24, 2.45) is 0 Å². The first-order valence-corrected chi connectivity index (χ1v) is 7.17. The van der Waals surface area contributed by atoms with E-state index in [1.165, 1.54) is 16.9 Å². The number of nitro benzene ring substituents is 1. The fraction of sp³-hybridized carbons (Fsp3) is 0.400. The number of non-ortho nitro benzene ring substituents is 1. The topological polar surface area (TPSA) is 52.4 Å². The summed E-state index contributed by atoms with van der Waals surface area (Å²) in [6.07, 6.45) is 0. The maximum atomic E-state index is 10.5. The maximum absolute atomic E-state index is 10.5. The Bertz CT molecular complexity index is 347.